The van der Waals surface area contributed by atoms with E-state index in [1.807, 2.05) is 0 Å². The number of hydrogen-bond donors (Lipinski definition) is 6. The van der Waals surface area contributed by atoms with E-state index in [-0.39, 0.29) is 126 Å². The molecule has 0 heterocycles. The second kappa shape index (κ2) is 102. The van der Waals surface area contributed by atoms with Crippen molar-refractivity contribution in [3.8, 4) is 0 Å². The Bertz CT molecular complexity index is 119. The van der Waals surface area contributed by atoms with Crippen LogP contribution >= 0.6 is 0 Å². The molecular weight excluding hydrogens is 590 g/mol. The summed E-state index contributed by atoms with van der Waals surface area (Å²) in [5, 5.41) is 41.8. The standard InChI is InChI=1S/3CH2O3.8H2O.2Pr/c3*2-1(3)4;;;;;;;;;;/h3*(H2,2,3,4);8*1H2;;. The maximum Gasteiger partial charge on any atom is 0.503 e. The van der Waals surface area contributed by atoms with Gasteiger partial charge < -0.3 is 74.4 Å². The predicted octanol–water partition coefficient (Wildman–Crippen LogP) is -5.93. The summed E-state index contributed by atoms with van der Waals surface area (Å²) in [6.07, 6.45) is -5.50. The van der Waals surface area contributed by atoms with Gasteiger partial charge in [0.25, 0.3) is 0 Å². The van der Waals surface area contributed by atoms with Gasteiger partial charge in [-0.25, -0.2) is 14.4 Å². The molecule has 0 rings (SSSR count). The summed E-state index contributed by atoms with van der Waals surface area (Å²) in [6.45, 7) is 0. The monoisotopic (exact) mass is 612 g/mol. The van der Waals surface area contributed by atoms with Crippen molar-refractivity contribution >= 4 is 18.5 Å². The van der Waals surface area contributed by atoms with E-state index in [0.717, 1.165) is 0 Å². The first kappa shape index (κ1) is 118. The maximum atomic E-state index is 8.56. The molecule has 142 valence electrons. The molecule has 0 aliphatic rings. The minimum Gasteiger partial charge on any atom is -0.450 e. The Morgan fingerprint density at radius 2 is 0.364 bits per heavy atom. The molecule has 0 amide bonds. The third-order valence-electron chi connectivity index (χ3n) is 0. The molecule has 0 saturated heterocycles. The topological polar surface area (TPSA) is 425 Å². The van der Waals surface area contributed by atoms with Crippen molar-refractivity contribution in [1.82, 2.24) is 0 Å². The number of carboxylic acid groups (broad SMARTS) is 6. The van der Waals surface area contributed by atoms with Gasteiger partial charge in [-0.05, 0) is 0 Å². The summed E-state index contributed by atoms with van der Waals surface area (Å²) in [4.78, 5) is 25.7. The van der Waals surface area contributed by atoms with Crippen LogP contribution in [0.1, 0.15) is 0 Å². The molecule has 22 N–H and O–H groups in total. The molecule has 0 aromatic heterocycles. The van der Waals surface area contributed by atoms with Crippen LogP contribution in [-0.2, 0) is 0 Å². The zero-order valence-electron chi connectivity index (χ0n) is 10.6. The van der Waals surface area contributed by atoms with Gasteiger partial charge >= 0.3 is 18.5 Å². The van der Waals surface area contributed by atoms with Crippen LogP contribution in [0.4, 0.5) is 14.4 Å². The van der Waals surface area contributed by atoms with Crippen molar-refractivity contribution in [2.75, 3.05) is 0 Å². The Kier molecular flexibility index (Phi) is 546. The normalized spacial score (nSPS) is 3.27. The largest absolute Gasteiger partial charge is 0.503 e. The summed E-state index contributed by atoms with van der Waals surface area (Å²) in [6, 6.07) is 0. The molecular formula is C3H22O17Pr2. The number of carbonyl (C=O) groups is 3. The van der Waals surface area contributed by atoms with E-state index in [9.17, 15) is 0 Å². The van der Waals surface area contributed by atoms with Crippen molar-refractivity contribution < 1.29 is 171 Å². The van der Waals surface area contributed by atoms with Gasteiger partial charge in [0, 0.05) is 82.6 Å². The average Bonchev–Trinajstić information content (AvgIpc) is 1.54. The average molecular weight is 612 g/mol. The molecule has 17 nitrogen and oxygen atoms in total. The van der Waals surface area contributed by atoms with Gasteiger partial charge in [-0.3, -0.25) is 0 Å². The van der Waals surface area contributed by atoms with Crippen LogP contribution in [0.15, 0.2) is 0 Å². The smallest absolute Gasteiger partial charge is 0.450 e. The van der Waals surface area contributed by atoms with E-state index < -0.39 is 18.5 Å². The first-order valence-electron chi connectivity index (χ1n) is 1.95. The zero-order chi connectivity index (χ0) is 10.7. The predicted molar refractivity (Wildman–Crippen MR) is 60.9 cm³/mol. The van der Waals surface area contributed by atoms with E-state index in [1.165, 1.54) is 0 Å². The second-order valence-corrected chi connectivity index (χ2v) is 0.848. The van der Waals surface area contributed by atoms with Crippen LogP contribution in [0, 0.1) is 82.6 Å². The minimum atomic E-state index is -1.83. The molecule has 0 aliphatic carbocycles. The molecule has 0 aromatic rings. The summed E-state index contributed by atoms with van der Waals surface area (Å²) in [5.41, 5.74) is 0. The number of hydrogen-bond acceptors (Lipinski definition) is 3. The van der Waals surface area contributed by atoms with Crippen LogP contribution < -0.4 is 0 Å². The molecule has 2 radical (unpaired) electrons. The van der Waals surface area contributed by atoms with Crippen LogP contribution in [-0.4, -0.2) is 92.9 Å². The first-order valence-corrected chi connectivity index (χ1v) is 1.95. The van der Waals surface area contributed by atoms with Gasteiger partial charge in [-0.1, -0.05) is 0 Å². The van der Waals surface area contributed by atoms with Gasteiger partial charge in [0.2, 0.25) is 0 Å². The van der Waals surface area contributed by atoms with Crippen molar-refractivity contribution in [3.05, 3.63) is 0 Å². The van der Waals surface area contributed by atoms with E-state index in [1.54, 1.807) is 0 Å². The van der Waals surface area contributed by atoms with Gasteiger partial charge in [-0.2, -0.15) is 0 Å². The van der Waals surface area contributed by atoms with Crippen molar-refractivity contribution in [2.24, 2.45) is 0 Å². The molecule has 19 heteroatoms. The van der Waals surface area contributed by atoms with E-state index >= 15 is 0 Å². The van der Waals surface area contributed by atoms with Gasteiger partial charge in [0.15, 0.2) is 0 Å². The van der Waals surface area contributed by atoms with Gasteiger partial charge in [0.05, 0.1) is 0 Å². The molecule has 0 aromatic carbocycles. The molecule has 0 aliphatic heterocycles. The molecule has 0 bridgehead atoms. The maximum absolute atomic E-state index is 8.56. The van der Waals surface area contributed by atoms with Crippen LogP contribution in [0.2, 0.25) is 0 Å². The van der Waals surface area contributed by atoms with E-state index in [0.29, 0.717) is 0 Å². The molecule has 0 fully saturated rings. The quantitative estimate of drug-likeness (QED) is 0.151. The fourth-order valence-electron chi connectivity index (χ4n) is 0. The van der Waals surface area contributed by atoms with Crippen LogP contribution in [0.3, 0.4) is 0 Å². The summed E-state index contributed by atoms with van der Waals surface area (Å²) in [7, 11) is 0. The fraction of sp³-hybridized carbons (Fsp3) is 0. The number of rotatable bonds is 0. The molecule has 0 spiro atoms. The van der Waals surface area contributed by atoms with E-state index in [2.05, 4.69) is 0 Å². The van der Waals surface area contributed by atoms with Crippen LogP contribution in [0.5, 0.6) is 0 Å². The molecule has 0 atom stereocenters. The SMILES string of the molecule is O.O.O.O.O.O.O.O.O=C(O)O.O=C(O)O.O=C(O)O.[Pr].[Pr]. The molecule has 22 heavy (non-hydrogen) atoms. The van der Waals surface area contributed by atoms with Crippen molar-refractivity contribution in [2.45, 2.75) is 0 Å². The first-order chi connectivity index (χ1) is 5.20. The minimum absolute atomic E-state index is 0. The van der Waals surface area contributed by atoms with Crippen molar-refractivity contribution in [3.63, 3.8) is 0 Å². The molecule has 0 unspecified atom stereocenters. The third-order valence-corrected chi connectivity index (χ3v) is 0. The fourth-order valence-corrected chi connectivity index (χ4v) is 0. The summed E-state index contributed by atoms with van der Waals surface area (Å²) >= 11 is 0. The zero-order valence-corrected chi connectivity index (χ0v) is 18.0. The Morgan fingerprint density at radius 1 is 0.364 bits per heavy atom. The van der Waals surface area contributed by atoms with E-state index in [4.69, 9.17) is 45.0 Å². The Labute approximate surface area is 187 Å². The van der Waals surface area contributed by atoms with Crippen molar-refractivity contribution in [1.29, 1.82) is 0 Å². The summed E-state index contributed by atoms with van der Waals surface area (Å²) < 4.78 is 0. The molecule has 0 saturated carbocycles. The van der Waals surface area contributed by atoms with Gasteiger partial charge in [-0.15, -0.1) is 0 Å². The third kappa shape index (κ3) is 158000. The Balaban J connectivity index is -0.00000000409. The van der Waals surface area contributed by atoms with Crippen LogP contribution in [0.25, 0.3) is 0 Å². The Morgan fingerprint density at radius 3 is 0.364 bits per heavy atom. The second-order valence-electron chi connectivity index (χ2n) is 0.848. The Hall–Kier alpha value is 0.217. The van der Waals surface area contributed by atoms with Gasteiger partial charge in [0.1, 0.15) is 0 Å². The summed E-state index contributed by atoms with van der Waals surface area (Å²) in [5.74, 6) is 0.